The molecule has 2 unspecified atom stereocenters. The number of pyridine rings is 1. The van der Waals surface area contributed by atoms with Crippen molar-refractivity contribution in [1.82, 2.24) is 9.88 Å². The van der Waals surface area contributed by atoms with E-state index >= 15 is 0 Å². The van der Waals surface area contributed by atoms with Crippen LogP contribution < -0.4 is 0 Å². The summed E-state index contributed by atoms with van der Waals surface area (Å²) >= 11 is 0. The summed E-state index contributed by atoms with van der Waals surface area (Å²) in [6, 6.07) is 8.25. The van der Waals surface area contributed by atoms with Gasteiger partial charge in [-0.3, -0.25) is 0 Å². The molecule has 4 nitrogen and oxygen atoms in total. The normalized spacial score (nSPS) is 35.4. The van der Waals surface area contributed by atoms with E-state index in [-0.39, 0.29) is 0 Å². The van der Waals surface area contributed by atoms with Gasteiger partial charge in [-0.05, 0) is 44.9 Å². The lowest BCUT2D eigenvalue weighted by atomic mass is 9.83. The van der Waals surface area contributed by atoms with E-state index in [0.717, 1.165) is 25.7 Å². The molecule has 2 aliphatic rings. The monoisotopic (exact) mass is 243 g/mol. The molecule has 0 radical (unpaired) electrons. The molecule has 2 bridgehead atoms. The molecule has 2 fully saturated rings. The highest BCUT2D eigenvalue weighted by Gasteiger charge is 2.47. The number of hydrogen-bond acceptors (Lipinski definition) is 4. The minimum absolute atomic E-state index is 0.382. The Morgan fingerprint density at radius 3 is 2.67 bits per heavy atom. The second-order valence-corrected chi connectivity index (χ2v) is 5.51. The SMILES string of the molecule is CN1C2CCC1CC(O)(c1cccc(C#N)n1)C2. The predicted octanol–water partition coefficient (Wildman–Crippen LogP) is 1.40. The van der Waals surface area contributed by atoms with Crippen molar-refractivity contribution < 1.29 is 5.11 Å². The number of aliphatic hydroxyl groups is 1. The molecule has 94 valence electrons. The van der Waals surface area contributed by atoms with Gasteiger partial charge in [0.05, 0.1) is 5.69 Å². The van der Waals surface area contributed by atoms with Crippen LogP contribution in [0.5, 0.6) is 0 Å². The van der Waals surface area contributed by atoms with Gasteiger partial charge in [-0.15, -0.1) is 0 Å². The number of nitriles is 1. The van der Waals surface area contributed by atoms with Crippen LogP contribution in [0.4, 0.5) is 0 Å². The molecule has 0 spiro atoms. The smallest absolute Gasteiger partial charge is 0.140 e. The fraction of sp³-hybridized carbons (Fsp3) is 0.571. The van der Waals surface area contributed by atoms with Crippen molar-refractivity contribution in [2.75, 3.05) is 7.05 Å². The van der Waals surface area contributed by atoms with Gasteiger partial charge in [-0.25, -0.2) is 4.98 Å². The highest BCUT2D eigenvalue weighted by Crippen LogP contribution is 2.44. The van der Waals surface area contributed by atoms with E-state index in [1.54, 1.807) is 12.1 Å². The maximum atomic E-state index is 10.9. The van der Waals surface area contributed by atoms with Gasteiger partial charge in [0.1, 0.15) is 17.4 Å². The Labute approximate surface area is 107 Å². The average Bonchev–Trinajstić information content (AvgIpc) is 2.63. The minimum atomic E-state index is -0.856. The van der Waals surface area contributed by atoms with Gasteiger partial charge in [0.15, 0.2) is 0 Å². The fourth-order valence-corrected chi connectivity index (χ4v) is 3.41. The van der Waals surface area contributed by atoms with Crippen molar-refractivity contribution >= 4 is 0 Å². The summed E-state index contributed by atoms with van der Waals surface area (Å²) in [4.78, 5) is 6.66. The molecule has 18 heavy (non-hydrogen) atoms. The third-order valence-corrected chi connectivity index (χ3v) is 4.47. The first-order valence-corrected chi connectivity index (χ1v) is 6.44. The molecule has 4 heteroatoms. The van der Waals surface area contributed by atoms with Crippen molar-refractivity contribution in [1.29, 1.82) is 5.26 Å². The van der Waals surface area contributed by atoms with Gasteiger partial charge >= 0.3 is 0 Å². The Morgan fingerprint density at radius 1 is 1.39 bits per heavy atom. The quantitative estimate of drug-likeness (QED) is 0.810. The van der Waals surface area contributed by atoms with E-state index in [1.807, 2.05) is 12.1 Å². The van der Waals surface area contributed by atoms with E-state index in [1.165, 1.54) is 0 Å². The van der Waals surface area contributed by atoms with E-state index in [0.29, 0.717) is 23.5 Å². The molecule has 1 N–H and O–H groups in total. The van der Waals surface area contributed by atoms with Crippen molar-refractivity contribution in [2.24, 2.45) is 0 Å². The van der Waals surface area contributed by atoms with Gasteiger partial charge in [-0.1, -0.05) is 6.07 Å². The third kappa shape index (κ3) is 1.71. The Kier molecular flexibility index (Phi) is 2.61. The average molecular weight is 243 g/mol. The Hall–Kier alpha value is -1.44. The van der Waals surface area contributed by atoms with Crippen LogP contribution in [0, 0.1) is 11.3 Å². The third-order valence-electron chi connectivity index (χ3n) is 4.47. The molecule has 0 amide bonds. The lowest BCUT2D eigenvalue weighted by molar-refractivity contribution is -0.0524. The van der Waals surface area contributed by atoms with Gasteiger partial charge in [0.25, 0.3) is 0 Å². The first-order chi connectivity index (χ1) is 8.62. The second-order valence-electron chi connectivity index (χ2n) is 5.51. The second kappa shape index (κ2) is 4.04. The van der Waals surface area contributed by atoms with Crippen LogP contribution in [0.1, 0.15) is 37.1 Å². The van der Waals surface area contributed by atoms with Crippen molar-refractivity contribution in [3.8, 4) is 6.07 Å². The fourth-order valence-electron chi connectivity index (χ4n) is 3.41. The van der Waals surface area contributed by atoms with Crippen LogP contribution in [-0.4, -0.2) is 34.1 Å². The van der Waals surface area contributed by atoms with Crippen LogP contribution >= 0.6 is 0 Å². The number of nitrogens with zero attached hydrogens (tertiary/aromatic N) is 3. The zero-order valence-electron chi connectivity index (χ0n) is 10.5. The van der Waals surface area contributed by atoms with E-state index in [2.05, 4.69) is 16.9 Å². The molecule has 0 aliphatic carbocycles. The molecule has 1 aromatic rings. The van der Waals surface area contributed by atoms with Crippen LogP contribution in [-0.2, 0) is 5.60 Å². The molecule has 2 saturated heterocycles. The molecule has 1 aromatic heterocycles. The predicted molar refractivity (Wildman–Crippen MR) is 66.7 cm³/mol. The lowest BCUT2D eigenvalue weighted by Gasteiger charge is -2.41. The first kappa shape index (κ1) is 11.6. The number of rotatable bonds is 1. The van der Waals surface area contributed by atoms with E-state index in [9.17, 15) is 5.11 Å². The standard InChI is InChI=1S/C14H17N3O/c1-17-11-5-6-12(17)8-14(18,7-11)13-4-2-3-10(9-15)16-13/h2-4,11-12,18H,5-8H2,1H3. The van der Waals surface area contributed by atoms with E-state index < -0.39 is 5.60 Å². The van der Waals surface area contributed by atoms with Crippen LogP contribution in [0.25, 0.3) is 0 Å². The molecular formula is C14H17N3O. The zero-order valence-corrected chi connectivity index (χ0v) is 10.5. The molecule has 2 aliphatic heterocycles. The van der Waals surface area contributed by atoms with Crippen LogP contribution in [0.3, 0.4) is 0 Å². The van der Waals surface area contributed by atoms with Gasteiger partial charge < -0.3 is 10.0 Å². The van der Waals surface area contributed by atoms with Gasteiger partial charge in [0, 0.05) is 12.1 Å². The largest absolute Gasteiger partial charge is 0.383 e. The highest BCUT2D eigenvalue weighted by atomic mass is 16.3. The summed E-state index contributed by atoms with van der Waals surface area (Å²) in [5.41, 5.74) is 0.185. The summed E-state index contributed by atoms with van der Waals surface area (Å²) < 4.78 is 0. The van der Waals surface area contributed by atoms with Crippen molar-refractivity contribution in [2.45, 2.75) is 43.4 Å². The number of aromatic nitrogens is 1. The van der Waals surface area contributed by atoms with Crippen molar-refractivity contribution in [3.05, 3.63) is 29.6 Å². The molecule has 3 heterocycles. The molecular weight excluding hydrogens is 226 g/mol. The van der Waals surface area contributed by atoms with Crippen molar-refractivity contribution in [3.63, 3.8) is 0 Å². The molecule has 2 atom stereocenters. The van der Waals surface area contributed by atoms with Crippen LogP contribution in [0.15, 0.2) is 18.2 Å². The maximum Gasteiger partial charge on any atom is 0.140 e. The summed E-state index contributed by atoms with van der Waals surface area (Å²) in [7, 11) is 2.14. The Balaban J connectivity index is 1.94. The maximum absolute atomic E-state index is 10.9. The molecule has 3 rings (SSSR count). The summed E-state index contributed by atoms with van der Waals surface area (Å²) in [5.74, 6) is 0. The topological polar surface area (TPSA) is 60.1 Å². The minimum Gasteiger partial charge on any atom is -0.383 e. The summed E-state index contributed by atoms with van der Waals surface area (Å²) in [5, 5.41) is 19.8. The molecule has 0 aromatic carbocycles. The molecule has 0 saturated carbocycles. The number of hydrogen-bond donors (Lipinski definition) is 1. The van der Waals surface area contributed by atoms with Crippen LogP contribution in [0.2, 0.25) is 0 Å². The van der Waals surface area contributed by atoms with E-state index in [4.69, 9.17) is 5.26 Å². The Bertz CT molecular complexity index is 494. The first-order valence-electron chi connectivity index (χ1n) is 6.44. The summed E-state index contributed by atoms with van der Waals surface area (Å²) in [6.45, 7) is 0. The van der Waals surface area contributed by atoms with Gasteiger partial charge in [0.2, 0.25) is 0 Å². The highest BCUT2D eigenvalue weighted by molar-refractivity contribution is 5.26. The zero-order chi connectivity index (χ0) is 12.8. The van der Waals surface area contributed by atoms with Gasteiger partial charge in [-0.2, -0.15) is 5.26 Å². The number of piperidine rings is 1. The Morgan fingerprint density at radius 2 is 2.06 bits per heavy atom. The summed E-state index contributed by atoms with van der Waals surface area (Å²) in [6.07, 6.45) is 3.76. The lowest BCUT2D eigenvalue weighted by Crippen LogP contribution is -2.48. The number of fused-ring (bicyclic) bond motifs is 2.